The van der Waals surface area contributed by atoms with Crippen molar-refractivity contribution in [1.29, 1.82) is 0 Å². The number of nitrogens with one attached hydrogen (secondary N) is 1. The molecular weight excluding hydrogens is 467 g/mol. The molecule has 6 nitrogen and oxygen atoms in total. The number of rotatable bonds is 7. The molecule has 0 radical (unpaired) electrons. The lowest BCUT2D eigenvalue weighted by molar-refractivity contribution is -0.137. The fourth-order valence-electron chi connectivity index (χ4n) is 2.81. The van der Waals surface area contributed by atoms with Crippen LogP contribution in [0.25, 0.3) is 0 Å². The van der Waals surface area contributed by atoms with E-state index in [-0.39, 0.29) is 17.1 Å². The summed E-state index contributed by atoms with van der Waals surface area (Å²) in [7, 11) is -4.36. The quantitative estimate of drug-likeness (QED) is 0.544. The van der Waals surface area contributed by atoms with Crippen LogP contribution in [0.1, 0.15) is 11.1 Å². The van der Waals surface area contributed by atoms with Crippen LogP contribution in [0.4, 0.5) is 18.9 Å². The molecule has 11 heteroatoms. The van der Waals surface area contributed by atoms with Gasteiger partial charge < -0.3 is 5.32 Å². The highest BCUT2D eigenvalue weighted by Gasteiger charge is 2.35. The summed E-state index contributed by atoms with van der Waals surface area (Å²) in [6.45, 7) is -0.670. The number of sulfonamides is 1. The van der Waals surface area contributed by atoms with Crippen molar-refractivity contribution in [2.45, 2.75) is 17.6 Å². The molecule has 3 rings (SSSR count). The highest BCUT2D eigenvalue weighted by Crippen LogP contribution is 2.37. The molecule has 0 aliphatic carbocycles. The van der Waals surface area contributed by atoms with E-state index in [9.17, 15) is 26.4 Å². The van der Waals surface area contributed by atoms with Gasteiger partial charge in [-0.25, -0.2) is 8.42 Å². The van der Waals surface area contributed by atoms with Gasteiger partial charge in [0.05, 0.1) is 21.2 Å². The Labute approximate surface area is 187 Å². The monoisotopic (exact) mass is 483 g/mol. The van der Waals surface area contributed by atoms with Crippen LogP contribution in [-0.4, -0.2) is 25.9 Å². The summed E-state index contributed by atoms with van der Waals surface area (Å²) >= 11 is 5.67. The summed E-state index contributed by atoms with van der Waals surface area (Å²) in [4.78, 5) is 16.3. The third-order valence-corrected chi connectivity index (χ3v) is 6.49. The van der Waals surface area contributed by atoms with Gasteiger partial charge in [-0.05, 0) is 42.0 Å². The summed E-state index contributed by atoms with van der Waals surface area (Å²) in [5, 5.41) is 1.96. The van der Waals surface area contributed by atoms with E-state index in [4.69, 9.17) is 11.6 Å². The Morgan fingerprint density at radius 1 is 1.06 bits per heavy atom. The standard InChI is InChI=1S/C21H17ClF3N3O3S/c22-19-9-8-16(11-18(19)21(23,24)25)28(32(30,31)17-6-2-1-3-7-17)14-20(29)27-13-15-5-4-10-26-12-15/h1-12H,13-14H2,(H,27,29). The molecule has 0 unspecified atom stereocenters. The van der Waals surface area contributed by atoms with E-state index in [2.05, 4.69) is 10.3 Å². The SMILES string of the molecule is O=C(CN(c1ccc(Cl)c(C(F)(F)F)c1)S(=O)(=O)c1ccccc1)NCc1cccnc1. The largest absolute Gasteiger partial charge is 0.417 e. The number of carbonyl (C=O) groups is 1. The van der Waals surface area contributed by atoms with Crippen LogP contribution in [0.5, 0.6) is 0 Å². The zero-order valence-electron chi connectivity index (χ0n) is 16.4. The van der Waals surface area contributed by atoms with Crippen LogP contribution in [0.15, 0.2) is 78.0 Å². The Morgan fingerprint density at radius 2 is 1.78 bits per heavy atom. The molecule has 168 valence electrons. The van der Waals surface area contributed by atoms with Crippen LogP contribution < -0.4 is 9.62 Å². The summed E-state index contributed by atoms with van der Waals surface area (Å²) in [6, 6.07) is 13.2. The Balaban J connectivity index is 1.96. The van der Waals surface area contributed by atoms with Gasteiger partial charge in [0.2, 0.25) is 5.91 Å². The number of hydrogen-bond acceptors (Lipinski definition) is 4. The number of anilines is 1. The Kier molecular flexibility index (Phi) is 7.05. The molecule has 1 heterocycles. The van der Waals surface area contributed by atoms with E-state index >= 15 is 0 Å². The normalized spacial score (nSPS) is 11.8. The number of pyridine rings is 1. The molecule has 2 aromatic carbocycles. The highest BCUT2D eigenvalue weighted by molar-refractivity contribution is 7.92. The van der Waals surface area contributed by atoms with Crippen molar-refractivity contribution in [2.75, 3.05) is 10.8 Å². The van der Waals surface area contributed by atoms with Crippen LogP contribution >= 0.6 is 11.6 Å². The number of halogens is 4. The summed E-state index contributed by atoms with van der Waals surface area (Å²) in [5.74, 6) is -0.711. The number of alkyl halides is 3. The second-order valence-electron chi connectivity index (χ2n) is 6.62. The predicted molar refractivity (Wildman–Crippen MR) is 114 cm³/mol. The van der Waals surface area contributed by atoms with Gasteiger partial charge in [-0.2, -0.15) is 13.2 Å². The molecule has 0 saturated carbocycles. The van der Waals surface area contributed by atoms with Crippen LogP contribution in [0.2, 0.25) is 5.02 Å². The maximum Gasteiger partial charge on any atom is 0.417 e. The second kappa shape index (κ2) is 9.58. The average Bonchev–Trinajstić information content (AvgIpc) is 2.77. The first-order valence-electron chi connectivity index (χ1n) is 9.19. The maximum atomic E-state index is 13.3. The Bertz CT molecular complexity index is 1190. The zero-order chi connectivity index (χ0) is 23.4. The highest BCUT2D eigenvalue weighted by atomic mass is 35.5. The van der Waals surface area contributed by atoms with Gasteiger partial charge in [0.15, 0.2) is 0 Å². The van der Waals surface area contributed by atoms with E-state index in [0.29, 0.717) is 15.9 Å². The van der Waals surface area contributed by atoms with Gasteiger partial charge >= 0.3 is 6.18 Å². The predicted octanol–water partition coefficient (Wildman–Crippen LogP) is 4.27. The lowest BCUT2D eigenvalue weighted by atomic mass is 10.2. The van der Waals surface area contributed by atoms with Gasteiger partial charge in [0.1, 0.15) is 6.54 Å². The lowest BCUT2D eigenvalue weighted by Crippen LogP contribution is -2.40. The lowest BCUT2D eigenvalue weighted by Gasteiger charge is -2.25. The minimum atomic E-state index is -4.81. The van der Waals surface area contributed by atoms with E-state index in [1.807, 2.05) is 0 Å². The topological polar surface area (TPSA) is 79.4 Å². The van der Waals surface area contributed by atoms with Crippen molar-refractivity contribution in [3.63, 3.8) is 0 Å². The third-order valence-electron chi connectivity index (χ3n) is 4.37. The fraction of sp³-hybridized carbons (Fsp3) is 0.143. The number of hydrogen-bond donors (Lipinski definition) is 1. The molecule has 3 aromatic rings. The number of amides is 1. The zero-order valence-corrected chi connectivity index (χ0v) is 18.0. The molecule has 1 amide bonds. The van der Waals surface area contributed by atoms with Crippen molar-refractivity contribution in [1.82, 2.24) is 10.3 Å². The average molecular weight is 484 g/mol. The molecular formula is C21H17ClF3N3O3S. The third kappa shape index (κ3) is 5.57. The smallest absolute Gasteiger partial charge is 0.350 e. The summed E-state index contributed by atoms with van der Waals surface area (Å²) in [6.07, 6.45) is -1.73. The summed E-state index contributed by atoms with van der Waals surface area (Å²) in [5.41, 5.74) is -0.882. The molecule has 0 atom stereocenters. The van der Waals surface area contributed by atoms with Gasteiger partial charge in [0, 0.05) is 18.9 Å². The molecule has 0 aliphatic rings. The van der Waals surface area contributed by atoms with Crippen molar-refractivity contribution < 1.29 is 26.4 Å². The van der Waals surface area contributed by atoms with E-state index < -0.39 is 39.2 Å². The molecule has 0 saturated heterocycles. The number of aromatic nitrogens is 1. The van der Waals surface area contributed by atoms with Crippen molar-refractivity contribution in [3.8, 4) is 0 Å². The minimum Gasteiger partial charge on any atom is -0.350 e. The van der Waals surface area contributed by atoms with Crippen molar-refractivity contribution >= 4 is 33.2 Å². The first kappa shape index (κ1) is 23.6. The van der Waals surface area contributed by atoms with Gasteiger partial charge in [-0.1, -0.05) is 35.9 Å². The molecule has 0 bridgehead atoms. The van der Waals surface area contributed by atoms with Crippen LogP contribution in [0.3, 0.4) is 0 Å². The Morgan fingerprint density at radius 3 is 2.41 bits per heavy atom. The first-order valence-corrected chi connectivity index (χ1v) is 11.0. The van der Waals surface area contributed by atoms with Gasteiger partial charge in [0.25, 0.3) is 10.0 Å². The number of carbonyl (C=O) groups excluding carboxylic acids is 1. The van der Waals surface area contributed by atoms with E-state index in [0.717, 1.165) is 12.1 Å². The van der Waals surface area contributed by atoms with E-state index in [1.165, 1.54) is 30.5 Å². The molecule has 1 N–H and O–H groups in total. The number of nitrogens with zero attached hydrogens (tertiary/aromatic N) is 2. The molecule has 0 fully saturated rings. The molecule has 0 spiro atoms. The van der Waals surface area contributed by atoms with Crippen molar-refractivity contribution in [3.05, 3.63) is 89.2 Å². The summed E-state index contributed by atoms with van der Waals surface area (Å²) < 4.78 is 67.1. The molecule has 1 aromatic heterocycles. The maximum absolute atomic E-state index is 13.3. The van der Waals surface area contributed by atoms with Crippen LogP contribution in [0, 0.1) is 0 Å². The van der Waals surface area contributed by atoms with E-state index in [1.54, 1.807) is 24.4 Å². The first-order chi connectivity index (χ1) is 15.1. The number of benzene rings is 2. The fourth-order valence-corrected chi connectivity index (χ4v) is 4.47. The second-order valence-corrected chi connectivity index (χ2v) is 8.89. The molecule has 32 heavy (non-hydrogen) atoms. The minimum absolute atomic E-state index is 0.0698. The van der Waals surface area contributed by atoms with Crippen LogP contribution in [-0.2, 0) is 27.5 Å². The molecule has 0 aliphatic heterocycles. The Hall–Kier alpha value is -3.11. The van der Waals surface area contributed by atoms with Crippen molar-refractivity contribution in [2.24, 2.45) is 0 Å². The van der Waals surface area contributed by atoms with Gasteiger partial charge in [-0.15, -0.1) is 0 Å². The van der Waals surface area contributed by atoms with Gasteiger partial charge in [-0.3, -0.25) is 14.1 Å².